The van der Waals surface area contributed by atoms with Crippen molar-refractivity contribution in [3.63, 3.8) is 0 Å². The van der Waals surface area contributed by atoms with Crippen molar-refractivity contribution in [2.75, 3.05) is 13.1 Å². The zero-order valence-corrected chi connectivity index (χ0v) is 14.4. The minimum atomic E-state index is -0.0179. The van der Waals surface area contributed by atoms with Gasteiger partial charge >= 0.3 is 0 Å². The molecule has 1 aliphatic rings. The molecule has 1 amide bonds. The lowest BCUT2D eigenvalue weighted by Crippen LogP contribution is -2.43. The summed E-state index contributed by atoms with van der Waals surface area (Å²) in [5, 5.41) is 4.39. The Morgan fingerprint density at radius 1 is 1.27 bits per heavy atom. The van der Waals surface area contributed by atoms with E-state index in [2.05, 4.69) is 21.0 Å². The molecule has 0 bridgehead atoms. The summed E-state index contributed by atoms with van der Waals surface area (Å²) in [4.78, 5) is 14.2. The number of benzene rings is 1. The molecule has 0 atom stereocenters. The number of hydrogen-bond donors (Lipinski definition) is 1. The van der Waals surface area contributed by atoms with Gasteiger partial charge in [0.2, 0.25) is 0 Å². The summed E-state index contributed by atoms with van der Waals surface area (Å²) in [6.45, 7) is 1.42. The van der Waals surface area contributed by atoms with Crippen molar-refractivity contribution >= 4 is 34.2 Å². The molecule has 5 nitrogen and oxygen atoms in total. The average molecular weight is 386 g/mol. The first-order valence-electron chi connectivity index (χ1n) is 7.00. The molecule has 0 saturated carbocycles. The van der Waals surface area contributed by atoms with Crippen molar-refractivity contribution in [2.45, 2.75) is 18.9 Å². The third kappa shape index (κ3) is 3.69. The van der Waals surface area contributed by atoms with Crippen LogP contribution in [0.1, 0.15) is 23.3 Å². The first-order chi connectivity index (χ1) is 10.1. The summed E-state index contributed by atoms with van der Waals surface area (Å²) in [5.74, 6) is -0.0179. The highest BCUT2D eigenvalue weighted by Gasteiger charge is 2.23. The maximum Gasteiger partial charge on any atom is 0.274 e. The maximum absolute atomic E-state index is 12.4. The van der Waals surface area contributed by atoms with Gasteiger partial charge in [0.05, 0.1) is 5.69 Å². The van der Waals surface area contributed by atoms with Crippen molar-refractivity contribution in [1.82, 2.24) is 14.7 Å². The molecule has 1 aromatic heterocycles. The molecule has 0 spiro atoms. The van der Waals surface area contributed by atoms with E-state index < -0.39 is 0 Å². The predicted molar refractivity (Wildman–Crippen MR) is 91.6 cm³/mol. The van der Waals surface area contributed by atoms with Crippen LogP contribution in [0, 0.1) is 0 Å². The van der Waals surface area contributed by atoms with E-state index in [1.54, 1.807) is 10.7 Å². The van der Waals surface area contributed by atoms with Gasteiger partial charge in [0.25, 0.3) is 5.91 Å². The topological polar surface area (TPSA) is 64.2 Å². The van der Waals surface area contributed by atoms with Gasteiger partial charge in [-0.05, 0) is 37.1 Å². The van der Waals surface area contributed by atoms with E-state index in [1.165, 1.54) is 0 Å². The number of likely N-dealkylation sites (tertiary alicyclic amines) is 1. The first kappa shape index (κ1) is 17.0. The Morgan fingerprint density at radius 3 is 2.68 bits per heavy atom. The van der Waals surface area contributed by atoms with Crippen LogP contribution in [0.5, 0.6) is 0 Å². The second kappa shape index (κ2) is 7.26. The van der Waals surface area contributed by atoms with E-state index in [0.717, 1.165) is 23.0 Å². The SMILES string of the molecule is Cl.NC1CCN(C(=O)c2ccn(-c3cccc(Br)c3)n2)CC1. The lowest BCUT2D eigenvalue weighted by Gasteiger charge is -2.29. The molecular weight excluding hydrogens is 368 g/mol. The Bertz CT molecular complexity index is 652. The van der Waals surface area contributed by atoms with Gasteiger partial charge < -0.3 is 10.6 Å². The minimum absolute atomic E-state index is 0. The van der Waals surface area contributed by atoms with Crippen LogP contribution < -0.4 is 5.73 Å². The van der Waals surface area contributed by atoms with Gasteiger partial charge in [-0.15, -0.1) is 12.4 Å². The number of carbonyl (C=O) groups excluding carboxylic acids is 1. The molecule has 0 unspecified atom stereocenters. The number of rotatable bonds is 2. The van der Waals surface area contributed by atoms with Crippen LogP contribution in [0.25, 0.3) is 5.69 Å². The molecule has 118 valence electrons. The molecule has 0 aliphatic carbocycles. The Balaban J connectivity index is 0.00000176. The van der Waals surface area contributed by atoms with Crippen LogP contribution in [0.4, 0.5) is 0 Å². The molecule has 2 aromatic rings. The number of carbonyl (C=O) groups is 1. The number of amides is 1. The summed E-state index contributed by atoms with van der Waals surface area (Å²) in [6.07, 6.45) is 3.53. The molecule has 2 heterocycles. The van der Waals surface area contributed by atoms with Crippen LogP contribution in [0.2, 0.25) is 0 Å². The van der Waals surface area contributed by atoms with E-state index in [-0.39, 0.29) is 24.4 Å². The summed E-state index contributed by atoms with van der Waals surface area (Å²) < 4.78 is 2.70. The highest BCUT2D eigenvalue weighted by Crippen LogP contribution is 2.16. The molecule has 0 radical (unpaired) electrons. The summed E-state index contributed by atoms with van der Waals surface area (Å²) in [5.41, 5.74) is 7.27. The van der Waals surface area contributed by atoms with Crippen molar-refractivity contribution in [3.8, 4) is 5.69 Å². The van der Waals surface area contributed by atoms with Gasteiger partial charge in [-0.2, -0.15) is 5.10 Å². The number of aromatic nitrogens is 2. The van der Waals surface area contributed by atoms with Crippen LogP contribution in [0.3, 0.4) is 0 Å². The Hall–Kier alpha value is -1.37. The van der Waals surface area contributed by atoms with Gasteiger partial charge in [0.15, 0.2) is 5.69 Å². The fourth-order valence-electron chi connectivity index (χ4n) is 2.46. The van der Waals surface area contributed by atoms with E-state index in [1.807, 2.05) is 35.4 Å². The molecular formula is C15H18BrClN4O. The molecule has 1 aliphatic heterocycles. The Labute approximate surface area is 144 Å². The maximum atomic E-state index is 12.4. The summed E-state index contributed by atoms with van der Waals surface area (Å²) >= 11 is 3.44. The van der Waals surface area contributed by atoms with Crippen LogP contribution >= 0.6 is 28.3 Å². The van der Waals surface area contributed by atoms with Gasteiger partial charge in [-0.3, -0.25) is 4.79 Å². The third-order valence-corrected chi connectivity index (χ3v) is 4.20. The highest BCUT2D eigenvalue weighted by molar-refractivity contribution is 9.10. The Kier molecular flexibility index (Phi) is 5.61. The van der Waals surface area contributed by atoms with E-state index in [4.69, 9.17) is 5.73 Å². The van der Waals surface area contributed by atoms with Gasteiger partial charge in [0.1, 0.15) is 0 Å². The molecule has 1 fully saturated rings. The number of nitrogens with two attached hydrogens (primary N) is 1. The predicted octanol–water partition coefficient (Wildman–Crippen LogP) is 2.62. The van der Waals surface area contributed by atoms with Gasteiger partial charge in [-0.25, -0.2) is 4.68 Å². The standard InChI is InChI=1S/C15H17BrN4O.ClH/c16-11-2-1-3-13(10-11)20-9-6-14(18-20)15(21)19-7-4-12(17)5-8-19;/h1-3,6,9-10,12H,4-5,7-8,17H2;1H. The normalized spacial score (nSPS) is 15.5. The third-order valence-electron chi connectivity index (χ3n) is 3.71. The minimum Gasteiger partial charge on any atom is -0.337 e. The number of hydrogen-bond acceptors (Lipinski definition) is 3. The smallest absolute Gasteiger partial charge is 0.274 e. The van der Waals surface area contributed by atoms with Crippen molar-refractivity contribution in [1.29, 1.82) is 0 Å². The number of nitrogens with zero attached hydrogens (tertiary/aromatic N) is 3. The van der Waals surface area contributed by atoms with E-state index in [0.29, 0.717) is 18.8 Å². The summed E-state index contributed by atoms with van der Waals surface area (Å²) in [6, 6.07) is 9.78. The lowest BCUT2D eigenvalue weighted by molar-refractivity contribution is 0.0708. The molecule has 3 rings (SSSR count). The Morgan fingerprint density at radius 2 is 2.00 bits per heavy atom. The monoisotopic (exact) mass is 384 g/mol. The largest absolute Gasteiger partial charge is 0.337 e. The molecule has 1 saturated heterocycles. The molecule has 22 heavy (non-hydrogen) atoms. The van der Waals surface area contributed by atoms with Crippen molar-refractivity contribution < 1.29 is 4.79 Å². The van der Waals surface area contributed by atoms with Gasteiger partial charge in [-0.1, -0.05) is 22.0 Å². The quantitative estimate of drug-likeness (QED) is 0.864. The van der Waals surface area contributed by atoms with E-state index in [9.17, 15) is 4.79 Å². The van der Waals surface area contributed by atoms with Crippen molar-refractivity contribution in [2.24, 2.45) is 5.73 Å². The van der Waals surface area contributed by atoms with E-state index >= 15 is 0 Å². The molecule has 1 aromatic carbocycles. The molecule has 2 N–H and O–H groups in total. The van der Waals surface area contributed by atoms with Crippen LogP contribution in [-0.4, -0.2) is 39.7 Å². The second-order valence-electron chi connectivity index (χ2n) is 5.26. The van der Waals surface area contributed by atoms with Crippen LogP contribution in [-0.2, 0) is 0 Å². The fourth-order valence-corrected chi connectivity index (χ4v) is 2.85. The first-order valence-corrected chi connectivity index (χ1v) is 7.79. The summed E-state index contributed by atoms with van der Waals surface area (Å²) in [7, 11) is 0. The zero-order valence-electron chi connectivity index (χ0n) is 12.0. The molecule has 7 heteroatoms. The number of piperidine rings is 1. The average Bonchev–Trinajstić information content (AvgIpc) is 2.97. The van der Waals surface area contributed by atoms with Gasteiger partial charge in [0, 0.05) is 29.8 Å². The second-order valence-corrected chi connectivity index (χ2v) is 6.17. The lowest BCUT2D eigenvalue weighted by atomic mass is 10.1. The fraction of sp³-hybridized carbons (Fsp3) is 0.333. The zero-order chi connectivity index (χ0) is 14.8. The van der Waals surface area contributed by atoms with Crippen molar-refractivity contribution in [3.05, 3.63) is 46.7 Å². The number of halogens is 2. The highest BCUT2D eigenvalue weighted by atomic mass is 79.9. The van der Waals surface area contributed by atoms with Crippen LogP contribution in [0.15, 0.2) is 41.0 Å².